The lowest BCUT2D eigenvalue weighted by molar-refractivity contribution is 0.0690. The lowest BCUT2D eigenvalue weighted by Crippen LogP contribution is -2.06. The van der Waals surface area contributed by atoms with Gasteiger partial charge in [-0.1, -0.05) is 24.3 Å². The van der Waals surface area contributed by atoms with Crippen molar-refractivity contribution in [3.8, 4) is 34.0 Å². The number of nitrogens with zero attached hydrogens (tertiary/aromatic N) is 2. The molecule has 9 heteroatoms. The summed E-state index contributed by atoms with van der Waals surface area (Å²) in [6.45, 7) is 2.02. The Morgan fingerprint density at radius 1 is 1.09 bits per heavy atom. The topological polar surface area (TPSA) is 112 Å². The molecule has 1 N–H and O–H groups in total. The molecule has 4 aromatic rings. The Labute approximate surface area is 184 Å². The molecule has 0 fully saturated rings. The summed E-state index contributed by atoms with van der Waals surface area (Å²) in [6.07, 6.45) is 2.69. The normalized spacial score (nSPS) is 11.4. The van der Waals surface area contributed by atoms with Crippen LogP contribution in [-0.2, 0) is 9.84 Å². The molecule has 4 rings (SSSR count). The quantitative estimate of drug-likeness (QED) is 0.445. The number of hydrogen-bond acceptors (Lipinski definition) is 6. The Hall–Kier alpha value is -3.85. The fraction of sp³-hybridized carbons (Fsp3) is 0.130. The summed E-state index contributed by atoms with van der Waals surface area (Å²) in [6, 6.07) is 17.1. The number of benzene rings is 2. The molecule has 0 saturated carbocycles. The first-order chi connectivity index (χ1) is 15.3. The van der Waals surface area contributed by atoms with Crippen molar-refractivity contribution in [3.05, 3.63) is 72.6 Å². The van der Waals surface area contributed by atoms with Crippen molar-refractivity contribution >= 4 is 15.8 Å². The third-order valence-electron chi connectivity index (χ3n) is 4.79. The maximum absolute atomic E-state index is 12.1. The molecule has 0 bridgehead atoms. The third-order valence-corrected chi connectivity index (χ3v) is 5.92. The molecule has 0 aliphatic carbocycles. The second kappa shape index (κ2) is 8.35. The standard InChI is InChI=1S/C23H20N2O6S/c1-3-30-21-13-17(10-11-22(21)32(2,28)29)25-19(14-18(24-25)23(26)27)15-6-8-16(9-7-15)20-5-4-12-31-20/h4-14H,3H2,1-2H3,(H,26,27). The van der Waals surface area contributed by atoms with Crippen LogP contribution in [0.5, 0.6) is 5.75 Å². The van der Waals surface area contributed by atoms with Crippen molar-refractivity contribution in [3.63, 3.8) is 0 Å². The molecule has 0 atom stereocenters. The monoisotopic (exact) mass is 452 g/mol. The van der Waals surface area contributed by atoms with Gasteiger partial charge in [0, 0.05) is 23.4 Å². The molecule has 8 nitrogen and oxygen atoms in total. The summed E-state index contributed by atoms with van der Waals surface area (Å²) in [5.41, 5.74) is 2.46. The first-order valence-electron chi connectivity index (χ1n) is 9.73. The SMILES string of the molecule is CCOc1cc(-n2nc(C(=O)O)cc2-c2ccc(-c3ccco3)cc2)ccc1S(C)(=O)=O. The van der Waals surface area contributed by atoms with Crippen LogP contribution in [0.4, 0.5) is 0 Å². The zero-order valence-electron chi connectivity index (χ0n) is 17.3. The van der Waals surface area contributed by atoms with Gasteiger partial charge in [-0.2, -0.15) is 5.10 Å². The van der Waals surface area contributed by atoms with Crippen LogP contribution >= 0.6 is 0 Å². The van der Waals surface area contributed by atoms with E-state index in [1.54, 1.807) is 31.4 Å². The number of aromatic carboxylic acids is 1. The highest BCUT2D eigenvalue weighted by Gasteiger charge is 2.20. The van der Waals surface area contributed by atoms with Gasteiger partial charge in [-0.25, -0.2) is 17.9 Å². The van der Waals surface area contributed by atoms with Crippen LogP contribution in [0.2, 0.25) is 0 Å². The predicted molar refractivity (Wildman–Crippen MR) is 118 cm³/mol. The minimum Gasteiger partial charge on any atom is -0.492 e. The zero-order valence-corrected chi connectivity index (χ0v) is 18.2. The number of hydrogen-bond donors (Lipinski definition) is 1. The number of furan rings is 1. The molecule has 0 aliphatic heterocycles. The summed E-state index contributed by atoms with van der Waals surface area (Å²) in [4.78, 5) is 11.7. The van der Waals surface area contributed by atoms with Gasteiger partial charge in [-0.15, -0.1) is 0 Å². The van der Waals surface area contributed by atoms with Crippen LogP contribution < -0.4 is 4.74 Å². The molecule has 2 heterocycles. The predicted octanol–water partition coefficient (Wildman–Crippen LogP) is 4.30. The molecule has 0 radical (unpaired) electrons. The Morgan fingerprint density at radius 3 is 2.41 bits per heavy atom. The van der Waals surface area contributed by atoms with Gasteiger partial charge in [0.2, 0.25) is 0 Å². The summed E-state index contributed by atoms with van der Waals surface area (Å²) < 4.78 is 36.6. The van der Waals surface area contributed by atoms with E-state index >= 15 is 0 Å². The molecular weight excluding hydrogens is 432 g/mol. The van der Waals surface area contributed by atoms with Crippen LogP contribution in [0, 0.1) is 0 Å². The van der Waals surface area contributed by atoms with Crippen molar-refractivity contribution in [2.75, 3.05) is 12.9 Å². The van der Waals surface area contributed by atoms with Gasteiger partial charge in [0.25, 0.3) is 0 Å². The van der Waals surface area contributed by atoms with E-state index < -0.39 is 15.8 Å². The Balaban J connectivity index is 1.83. The fourth-order valence-electron chi connectivity index (χ4n) is 3.34. The van der Waals surface area contributed by atoms with Crippen LogP contribution in [0.15, 0.2) is 76.2 Å². The fourth-order valence-corrected chi connectivity index (χ4v) is 4.14. The molecular formula is C23H20N2O6S. The molecule has 0 spiro atoms. The first kappa shape index (κ1) is 21.4. The minimum absolute atomic E-state index is 0.0538. The van der Waals surface area contributed by atoms with E-state index in [2.05, 4.69) is 5.10 Å². The average Bonchev–Trinajstić information content (AvgIpc) is 3.44. The first-order valence-corrected chi connectivity index (χ1v) is 11.6. The maximum Gasteiger partial charge on any atom is 0.356 e. The lowest BCUT2D eigenvalue weighted by Gasteiger charge is -2.13. The number of carboxylic acids is 1. The molecule has 0 amide bonds. The third kappa shape index (κ3) is 4.15. The number of ether oxygens (including phenoxy) is 1. The van der Waals surface area contributed by atoms with E-state index in [4.69, 9.17) is 9.15 Å². The lowest BCUT2D eigenvalue weighted by atomic mass is 10.1. The van der Waals surface area contributed by atoms with Crippen molar-refractivity contribution < 1.29 is 27.5 Å². The van der Waals surface area contributed by atoms with Gasteiger partial charge in [-0.3, -0.25) is 0 Å². The Morgan fingerprint density at radius 2 is 1.81 bits per heavy atom. The molecule has 2 aromatic carbocycles. The van der Waals surface area contributed by atoms with Crippen LogP contribution in [0.3, 0.4) is 0 Å². The second-order valence-electron chi connectivity index (χ2n) is 7.02. The van der Waals surface area contributed by atoms with E-state index in [0.29, 0.717) is 17.1 Å². The van der Waals surface area contributed by atoms with Gasteiger partial charge >= 0.3 is 5.97 Å². The van der Waals surface area contributed by atoms with Crippen LogP contribution in [-0.4, -0.2) is 42.1 Å². The van der Waals surface area contributed by atoms with E-state index in [-0.39, 0.29) is 22.9 Å². The highest BCUT2D eigenvalue weighted by Crippen LogP contribution is 2.31. The Kier molecular flexibility index (Phi) is 5.58. The van der Waals surface area contributed by atoms with E-state index in [9.17, 15) is 18.3 Å². The average molecular weight is 452 g/mol. The number of carboxylic acid groups (broad SMARTS) is 1. The van der Waals surface area contributed by atoms with Gasteiger partial charge in [0.1, 0.15) is 16.4 Å². The van der Waals surface area contributed by atoms with Gasteiger partial charge in [-0.05, 0) is 37.3 Å². The summed E-state index contributed by atoms with van der Waals surface area (Å²) in [5, 5.41) is 13.7. The summed E-state index contributed by atoms with van der Waals surface area (Å²) in [5.74, 6) is -0.275. The number of rotatable bonds is 7. The van der Waals surface area contributed by atoms with Crippen molar-refractivity contribution in [1.82, 2.24) is 9.78 Å². The summed E-state index contributed by atoms with van der Waals surface area (Å²) in [7, 11) is -3.51. The van der Waals surface area contributed by atoms with E-state index in [1.807, 2.05) is 30.3 Å². The highest BCUT2D eigenvalue weighted by molar-refractivity contribution is 7.90. The van der Waals surface area contributed by atoms with Crippen molar-refractivity contribution in [2.24, 2.45) is 0 Å². The minimum atomic E-state index is -3.51. The van der Waals surface area contributed by atoms with Crippen molar-refractivity contribution in [2.45, 2.75) is 11.8 Å². The number of sulfone groups is 1. The molecule has 164 valence electrons. The Bertz CT molecular complexity index is 1370. The highest BCUT2D eigenvalue weighted by atomic mass is 32.2. The molecule has 0 saturated heterocycles. The molecule has 0 unspecified atom stereocenters. The van der Waals surface area contributed by atoms with Crippen LogP contribution in [0.25, 0.3) is 28.3 Å². The largest absolute Gasteiger partial charge is 0.492 e. The van der Waals surface area contributed by atoms with E-state index in [1.165, 1.54) is 16.8 Å². The van der Waals surface area contributed by atoms with Gasteiger partial charge < -0.3 is 14.3 Å². The summed E-state index contributed by atoms with van der Waals surface area (Å²) >= 11 is 0. The number of carbonyl (C=O) groups is 1. The zero-order chi connectivity index (χ0) is 22.9. The van der Waals surface area contributed by atoms with E-state index in [0.717, 1.165) is 17.4 Å². The van der Waals surface area contributed by atoms with Crippen LogP contribution in [0.1, 0.15) is 17.4 Å². The second-order valence-corrected chi connectivity index (χ2v) is 9.01. The molecule has 0 aliphatic rings. The molecule has 32 heavy (non-hydrogen) atoms. The smallest absolute Gasteiger partial charge is 0.356 e. The number of aromatic nitrogens is 2. The maximum atomic E-state index is 12.1. The van der Waals surface area contributed by atoms with Crippen molar-refractivity contribution in [1.29, 1.82) is 0 Å². The van der Waals surface area contributed by atoms with Gasteiger partial charge in [0.05, 0.1) is 24.3 Å². The van der Waals surface area contributed by atoms with Gasteiger partial charge in [0.15, 0.2) is 15.5 Å². The molecule has 2 aromatic heterocycles.